The number of hydrogen-bond donors (Lipinski definition) is 0. The van der Waals surface area contributed by atoms with Crippen molar-refractivity contribution in [3.63, 3.8) is 0 Å². The largest absolute Gasteiger partial charge is 0.497 e. The third kappa shape index (κ3) is 2.68. The summed E-state index contributed by atoms with van der Waals surface area (Å²) in [4.78, 5) is 13.7. The van der Waals surface area contributed by atoms with Gasteiger partial charge in [-0.15, -0.1) is 0 Å². The number of ether oxygens (including phenoxy) is 3. The highest BCUT2D eigenvalue weighted by Gasteiger charge is 2.68. The fraction of sp³-hybridized carbons (Fsp3) is 0.720. The number of rotatable bonds is 2. The van der Waals surface area contributed by atoms with Crippen LogP contribution in [-0.4, -0.2) is 31.9 Å². The zero-order chi connectivity index (χ0) is 20.4. The first kappa shape index (κ1) is 19.6. The summed E-state index contributed by atoms with van der Waals surface area (Å²) in [5.74, 6) is 1.63. The van der Waals surface area contributed by atoms with E-state index in [4.69, 9.17) is 14.2 Å². The number of hydrogen-bond acceptors (Lipinski definition) is 4. The summed E-state index contributed by atoms with van der Waals surface area (Å²) in [5, 5.41) is 0. The van der Waals surface area contributed by atoms with E-state index in [1.54, 1.807) is 7.11 Å². The van der Waals surface area contributed by atoms with Gasteiger partial charge in [0.05, 0.1) is 20.3 Å². The molecule has 4 unspecified atom stereocenters. The molecule has 158 valence electrons. The van der Waals surface area contributed by atoms with Crippen LogP contribution in [0.2, 0.25) is 0 Å². The Labute approximate surface area is 174 Å². The van der Waals surface area contributed by atoms with Crippen LogP contribution in [0.4, 0.5) is 0 Å². The van der Waals surface area contributed by atoms with Gasteiger partial charge < -0.3 is 14.2 Å². The van der Waals surface area contributed by atoms with Crippen LogP contribution in [0.1, 0.15) is 69.9 Å². The molecule has 0 aromatic heterocycles. The summed E-state index contributed by atoms with van der Waals surface area (Å²) in [7, 11) is 1.71. The van der Waals surface area contributed by atoms with E-state index in [0.717, 1.165) is 37.9 Å². The van der Waals surface area contributed by atoms with E-state index in [-0.39, 0.29) is 16.7 Å². The fourth-order valence-corrected chi connectivity index (χ4v) is 7.05. The van der Waals surface area contributed by atoms with Gasteiger partial charge in [0.25, 0.3) is 0 Å². The Hall–Kier alpha value is -1.39. The number of ketones is 1. The average Bonchev–Trinajstić information content (AvgIpc) is 3.04. The zero-order valence-electron chi connectivity index (χ0n) is 18.3. The summed E-state index contributed by atoms with van der Waals surface area (Å²) in [6, 6.07) is 6.29. The number of carbonyl (C=O) groups is 1. The summed E-state index contributed by atoms with van der Waals surface area (Å²) >= 11 is 0. The quantitative estimate of drug-likeness (QED) is 0.711. The molecule has 1 saturated heterocycles. The second-order valence-electron chi connectivity index (χ2n) is 10.5. The first-order chi connectivity index (χ1) is 13.8. The summed E-state index contributed by atoms with van der Waals surface area (Å²) < 4.78 is 18.5. The van der Waals surface area contributed by atoms with E-state index in [1.165, 1.54) is 11.1 Å². The number of carbonyl (C=O) groups excluding carboxylic acids is 1. The molecule has 1 aliphatic heterocycles. The van der Waals surface area contributed by atoms with Crippen molar-refractivity contribution in [2.45, 2.75) is 71.0 Å². The van der Waals surface area contributed by atoms with Gasteiger partial charge in [-0.1, -0.05) is 26.8 Å². The summed E-state index contributed by atoms with van der Waals surface area (Å²) in [5.41, 5.74) is 2.40. The molecule has 1 aromatic carbocycles. The summed E-state index contributed by atoms with van der Waals surface area (Å²) in [6.45, 7) is 8.05. The molecule has 0 N–H and O–H groups in total. The number of aryl methyl sites for hydroxylation is 1. The van der Waals surface area contributed by atoms with E-state index in [9.17, 15) is 4.79 Å². The molecule has 1 spiro atoms. The molecular formula is C25H34O4. The van der Waals surface area contributed by atoms with Crippen LogP contribution in [0, 0.1) is 22.7 Å². The SMILES string of the molecule is CCC12CC(=O)C3c4ccc(OC)cc4CCC3C1CCC21OCC(C)(C)CO1. The molecule has 1 heterocycles. The molecular weight excluding hydrogens is 364 g/mol. The zero-order valence-corrected chi connectivity index (χ0v) is 18.3. The van der Waals surface area contributed by atoms with Crippen molar-refractivity contribution < 1.29 is 19.0 Å². The van der Waals surface area contributed by atoms with Gasteiger partial charge in [-0.2, -0.15) is 0 Å². The number of fused-ring (bicyclic) bond motifs is 6. The molecule has 4 atom stereocenters. The Morgan fingerprint density at radius 3 is 2.62 bits per heavy atom. The van der Waals surface area contributed by atoms with Gasteiger partial charge in [-0.25, -0.2) is 0 Å². The van der Waals surface area contributed by atoms with Crippen LogP contribution in [-0.2, 0) is 20.7 Å². The van der Waals surface area contributed by atoms with E-state index < -0.39 is 5.79 Å². The topological polar surface area (TPSA) is 44.8 Å². The Balaban J connectivity index is 1.52. The van der Waals surface area contributed by atoms with Crippen molar-refractivity contribution in [2.24, 2.45) is 22.7 Å². The van der Waals surface area contributed by atoms with Gasteiger partial charge in [0.15, 0.2) is 5.79 Å². The van der Waals surface area contributed by atoms with Crippen molar-refractivity contribution in [1.29, 1.82) is 0 Å². The summed E-state index contributed by atoms with van der Waals surface area (Å²) in [6.07, 6.45) is 5.66. The third-order valence-corrected chi connectivity index (χ3v) is 8.49. The highest BCUT2D eigenvalue weighted by atomic mass is 16.7. The average molecular weight is 399 g/mol. The van der Waals surface area contributed by atoms with E-state index in [2.05, 4.69) is 32.9 Å². The monoisotopic (exact) mass is 398 g/mol. The molecule has 0 radical (unpaired) electrons. The maximum absolute atomic E-state index is 13.7. The van der Waals surface area contributed by atoms with Crippen molar-refractivity contribution in [3.05, 3.63) is 29.3 Å². The van der Waals surface area contributed by atoms with Crippen LogP contribution in [0.25, 0.3) is 0 Å². The lowest BCUT2D eigenvalue weighted by atomic mass is 9.52. The van der Waals surface area contributed by atoms with Gasteiger partial charge in [0.2, 0.25) is 0 Å². The Bertz CT molecular complexity index is 818. The van der Waals surface area contributed by atoms with Crippen molar-refractivity contribution in [3.8, 4) is 5.75 Å². The number of Topliss-reactive ketones (excluding diaryl/α,β-unsaturated/α-hetero) is 1. The number of methoxy groups -OCH3 is 1. The second kappa shape index (κ2) is 6.55. The highest BCUT2D eigenvalue weighted by molar-refractivity contribution is 5.89. The van der Waals surface area contributed by atoms with Crippen LogP contribution in [0.5, 0.6) is 5.75 Å². The van der Waals surface area contributed by atoms with Crippen LogP contribution in [0.3, 0.4) is 0 Å². The Kier molecular flexibility index (Phi) is 4.42. The first-order valence-electron chi connectivity index (χ1n) is 11.3. The van der Waals surface area contributed by atoms with Gasteiger partial charge in [0.1, 0.15) is 11.5 Å². The Morgan fingerprint density at radius 2 is 1.93 bits per heavy atom. The second-order valence-corrected chi connectivity index (χ2v) is 10.5. The minimum absolute atomic E-state index is 0.0320. The maximum atomic E-state index is 13.7. The van der Waals surface area contributed by atoms with E-state index in [1.807, 2.05) is 6.07 Å². The molecule has 1 aromatic rings. The molecule has 29 heavy (non-hydrogen) atoms. The molecule has 3 fully saturated rings. The molecule has 0 bridgehead atoms. The van der Waals surface area contributed by atoms with Crippen molar-refractivity contribution in [1.82, 2.24) is 0 Å². The number of benzene rings is 1. The minimum atomic E-state index is -0.567. The molecule has 5 rings (SSSR count). The molecule has 0 amide bonds. The third-order valence-electron chi connectivity index (χ3n) is 8.49. The lowest BCUT2D eigenvalue weighted by Gasteiger charge is -2.56. The van der Waals surface area contributed by atoms with Gasteiger partial charge in [-0.05, 0) is 60.8 Å². The van der Waals surface area contributed by atoms with Crippen molar-refractivity contribution in [2.75, 3.05) is 20.3 Å². The van der Waals surface area contributed by atoms with Gasteiger partial charge in [-0.3, -0.25) is 4.79 Å². The normalized spacial score (nSPS) is 37.0. The molecule has 4 nitrogen and oxygen atoms in total. The van der Waals surface area contributed by atoms with Gasteiger partial charge >= 0.3 is 0 Å². The molecule has 2 saturated carbocycles. The maximum Gasteiger partial charge on any atom is 0.174 e. The van der Waals surface area contributed by atoms with Crippen molar-refractivity contribution >= 4 is 5.78 Å². The smallest absolute Gasteiger partial charge is 0.174 e. The lowest BCUT2D eigenvalue weighted by molar-refractivity contribution is -0.346. The first-order valence-corrected chi connectivity index (χ1v) is 11.3. The van der Waals surface area contributed by atoms with Gasteiger partial charge in [0, 0.05) is 29.6 Å². The molecule has 4 heteroatoms. The minimum Gasteiger partial charge on any atom is -0.497 e. The standard InChI is InChI=1S/C25H34O4/c1-5-24-13-21(26)22-18-9-7-17(27-4)12-16(18)6-8-19(22)20(24)10-11-25(24)28-14-23(2,3)15-29-25/h7,9,12,19-20,22H,5-6,8,10-11,13-15H2,1-4H3. The molecule has 3 aliphatic carbocycles. The highest BCUT2D eigenvalue weighted by Crippen LogP contribution is 2.67. The fourth-order valence-electron chi connectivity index (χ4n) is 7.05. The van der Waals surface area contributed by atoms with E-state index >= 15 is 0 Å². The van der Waals surface area contributed by atoms with E-state index in [0.29, 0.717) is 37.3 Å². The molecule has 4 aliphatic rings. The van der Waals surface area contributed by atoms with Crippen LogP contribution in [0.15, 0.2) is 18.2 Å². The van der Waals surface area contributed by atoms with Crippen LogP contribution < -0.4 is 4.74 Å². The van der Waals surface area contributed by atoms with Crippen LogP contribution >= 0.6 is 0 Å². The lowest BCUT2D eigenvalue weighted by Crippen LogP contribution is -2.60. The predicted octanol–water partition coefficient (Wildman–Crippen LogP) is 4.89. The predicted molar refractivity (Wildman–Crippen MR) is 111 cm³/mol. The Morgan fingerprint density at radius 1 is 1.17 bits per heavy atom.